The van der Waals surface area contributed by atoms with Gasteiger partial charge in [0.05, 0.1) is 25.4 Å². The van der Waals surface area contributed by atoms with Gasteiger partial charge in [0.25, 0.3) is 0 Å². The van der Waals surface area contributed by atoms with E-state index in [1.807, 2.05) is 0 Å². The van der Waals surface area contributed by atoms with Gasteiger partial charge in [-0.1, -0.05) is 47.5 Å². The topological polar surface area (TPSA) is 136 Å². The Kier molecular flexibility index (Phi) is 12.4. The molecule has 4 unspecified atom stereocenters. The maximum atomic E-state index is 13.2. The zero-order valence-corrected chi connectivity index (χ0v) is 22.0. The number of rotatable bonds is 8. The molecule has 4 rings (SSSR count). The summed E-state index contributed by atoms with van der Waals surface area (Å²) in [6.07, 6.45) is -1.89. The first-order valence-corrected chi connectivity index (χ1v) is 12.5. The van der Waals surface area contributed by atoms with Crippen LogP contribution in [0.5, 0.6) is 0 Å². The zero-order chi connectivity index (χ0) is 27.8. The molecular formula is C27H24Cl2K2N2O7. The van der Waals surface area contributed by atoms with Crippen LogP contribution >= 0.6 is 23.2 Å². The average molecular weight is 638 g/mol. The maximum absolute atomic E-state index is 13.2. The fourth-order valence-corrected chi connectivity index (χ4v) is 5.23. The summed E-state index contributed by atoms with van der Waals surface area (Å²) >= 11 is 12.2. The van der Waals surface area contributed by atoms with Crippen molar-refractivity contribution in [1.82, 2.24) is 0 Å². The van der Waals surface area contributed by atoms with Crippen LogP contribution in [0.2, 0.25) is 10.0 Å². The van der Waals surface area contributed by atoms with E-state index in [-0.39, 0.29) is 129 Å². The fourth-order valence-electron chi connectivity index (χ4n) is 4.85. The van der Waals surface area contributed by atoms with E-state index >= 15 is 0 Å². The van der Waals surface area contributed by atoms with Crippen molar-refractivity contribution in [3.05, 3.63) is 69.7 Å². The van der Waals surface area contributed by atoms with Crippen molar-refractivity contribution in [3.8, 4) is 12.1 Å². The van der Waals surface area contributed by atoms with Crippen LogP contribution in [0, 0.1) is 22.7 Å². The van der Waals surface area contributed by atoms with Crippen LogP contribution in [0.4, 0.5) is 4.79 Å². The van der Waals surface area contributed by atoms with E-state index in [1.54, 1.807) is 50.2 Å². The van der Waals surface area contributed by atoms with Gasteiger partial charge in [-0.05, 0) is 49.2 Å². The molecule has 0 aliphatic heterocycles. The summed E-state index contributed by atoms with van der Waals surface area (Å²) in [5.41, 5.74) is -6.66. The summed E-state index contributed by atoms with van der Waals surface area (Å²) in [6.45, 7) is 3.03. The number of carbonyl (C=O) groups excluding carboxylic acids is 3. The van der Waals surface area contributed by atoms with Crippen LogP contribution in [0.3, 0.4) is 0 Å². The van der Waals surface area contributed by atoms with Crippen molar-refractivity contribution in [1.29, 1.82) is 10.5 Å². The summed E-state index contributed by atoms with van der Waals surface area (Å²) in [5, 5.41) is 20.8. The molecule has 4 atom stereocenters. The number of hydrogen-bond acceptors (Lipinski definition) is 9. The molecule has 0 saturated heterocycles. The van der Waals surface area contributed by atoms with Crippen molar-refractivity contribution in [3.63, 3.8) is 0 Å². The van der Waals surface area contributed by atoms with Gasteiger partial charge in [-0.25, -0.2) is 14.4 Å². The Labute approximate surface area is 326 Å². The number of hydrogen-bond donors (Lipinski definition) is 0. The molecule has 0 bridgehead atoms. The van der Waals surface area contributed by atoms with Crippen LogP contribution in [-0.2, 0) is 39.4 Å². The zero-order valence-electron chi connectivity index (χ0n) is 20.5. The van der Waals surface area contributed by atoms with Crippen molar-refractivity contribution in [2.45, 2.75) is 48.7 Å². The molecule has 200 valence electrons. The standard InChI is InChI=1S/C27H22Cl2N2O7.2K.2H/c1-3-35-21(32)26(13-24(26,15-30)17-7-5-9-19(28)11-17)37-23(34)38-27(22(33)36-4-2)14-25(27,16-31)18-8-6-10-20(29)12-18;;;;/h5-12H,3-4,13-14H2,1-2H3;;;;. The molecule has 9 nitrogen and oxygen atoms in total. The number of benzene rings is 2. The van der Waals surface area contributed by atoms with E-state index in [1.165, 1.54) is 12.1 Å². The third-order valence-electron chi connectivity index (χ3n) is 6.90. The summed E-state index contributed by atoms with van der Waals surface area (Å²) in [4.78, 5) is 39.4. The van der Waals surface area contributed by atoms with E-state index in [0.717, 1.165) is 0 Å². The SMILES string of the molecule is CCOC(=O)C1(OC(=O)OC2(C(=O)OCC)CC2(C#N)c2cccc(Cl)c2)CC1(C#N)c1cccc(Cl)c1.[KH].[KH]. The molecule has 0 radical (unpaired) electrons. The summed E-state index contributed by atoms with van der Waals surface area (Å²) in [6, 6.07) is 16.6. The first-order chi connectivity index (χ1) is 18.1. The van der Waals surface area contributed by atoms with Crippen molar-refractivity contribution in [2.75, 3.05) is 13.2 Å². The third-order valence-corrected chi connectivity index (χ3v) is 7.37. The predicted molar refractivity (Wildman–Crippen MR) is 147 cm³/mol. The van der Waals surface area contributed by atoms with Gasteiger partial charge in [0.2, 0.25) is 11.2 Å². The van der Waals surface area contributed by atoms with Gasteiger partial charge in [-0.3, -0.25) is 0 Å². The Balaban J connectivity index is 0.00000280. The Bertz CT molecular complexity index is 1310. The summed E-state index contributed by atoms with van der Waals surface area (Å²) in [5.74, 6) is -1.92. The van der Waals surface area contributed by atoms with Gasteiger partial charge in [0.15, 0.2) is 0 Å². The molecule has 2 aromatic rings. The second-order valence-corrected chi connectivity index (χ2v) is 9.83. The van der Waals surface area contributed by atoms with E-state index in [9.17, 15) is 24.9 Å². The Morgan fingerprint density at radius 3 is 1.45 bits per heavy atom. The molecule has 2 aliphatic carbocycles. The molecule has 0 amide bonds. The summed E-state index contributed by atoms with van der Waals surface area (Å²) in [7, 11) is 0. The van der Waals surface area contributed by atoms with Gasteiger partial charge in [-0.2, -0.15) is 10.5 Å². The first kappa shape index (κ1) is 35.7. The van der Waals surface area contributed by atoms with Crippen molar-refractivity contribution < 1.29 is 33.3 Å². The molecule has 0 spiro atoms. The van der Waals surface area contributed by atoms with Gasteiger partial charge in [0.1, 0.15) is 10.8 Å². The number of nitriles is 2. The van der Waals surface area contributed by atoms with Crippen molar-refractivity contribution in [2.24, 2.45) is 0 Å². The van der Waals surface area contributed by atoms with E-state index in [0.29, 0.717) is 21.2 Å². The molecular weight excluding hydrogens is 613 g/mol. The first-order valence-electron chi connectivity index (χ1n) is 11.7. The third kappa shape index (κ3) is 5.96. The molecule has 2 aliphatic rings. The normalized spacial score (nSPS) is 27.2. The number of nitrogens with zero attached hydrogens (tertiary/aromatic N) is 2. The minimum absolute atomic E-state index is 0. The van der Waals surface area contributed by atoms with Gasteiger partial charge < -0.3 is 18.9 Å². The molecule has 2 aromatic carbocycles. The second kappa shape index (κ2) is 13.8. The van der Waals surface area contributed by atoms with Crippen LogP contribution in [-0.4, -0.2) is 145 Å². The molecule has 40 heavy (non-hydrogen) atoms. The van der Waals surface area contributed by atoms with E-state index in [2.05, 4.69) is 12.1 Å². The molecule has 2 fully saturated rings. The number of ether oxygens (including phenoxy) is 4. The minimum atomic E-state index is -2.06. The number of halogens is 2. The number of esters is 2. The molecule has 0 aromatic heterocycles. The molecule has 2 saturated carbocycles. The predicted octanol–water partition coefficient (Wildman–Crippen LogP) is 3.48. The monoisotopic (exact) mass is 636 g/mol. The molecule has 0 heterocycles. The van der Waals surface area contributed by atoms with E-state index in [4.69, 9.17) is 42.1 Å². The summed E-state index contributed by atoms with van der Waals surface area (Å²) < 4.78 is 21.3. The van der Waals surface area contributed by atoms with Crippen molar-refractivity contribution >= 4 is 144 Å². The Morgan fingerprint density at radius 2 is 1.15 bits per heavy atom. The van der Waals surface area contributed by atoms with E-state index < -0.39 is 40.1 Å². The van der Waals surface area contributed by atoms with Crippen LogP contribution in [0.1, 0.15) is 37.8 Å². The Morgan fingerprint density at radius 1 is 0.775 bits per heavy atom. The second-order valence-electron chi connectivity index (χ2n) is 8.96. The van der Waals surface area contributed by atoms with Gasteiger partial charge in [0, 0.05) is 22.9 Å². The fraction of sp³-hybridized carbons (Fsp3) is 0.370. The van der Waals surface area contributed by atoms with Gasteiger partial charge >= 0.3 is 121 Å². The number of carbonyl (C=O) groups is 3. The van der Waals surface area contributed by atoms with Crippen LogP contribution < -0.4 is 0 Å². The van der Waals surface area contributed by atoms with Crippen LogP contribution in [0.15, 0.2) is 48.5 Å². The van der Waals surface area contributed by atoms with Crippen LogP contribution in [0.25, 0.3) is 0 Å². The quantitative estimate of drug-likeness (QED) is 0.242. The Hall–Kier alpha value is -0.517. The van der Waals surface area contributed by atoms with Gasteiger partial charge in [-0.15, -0.1) is 0 Å². The molecule has 13 heteroatoms. The average Bonchev–Trinajstić information content (AvgIpc) is 3.76. The molecule has 0 N–H and O–H groups in total.